The highest BCUT2D eigenvalue weighted by atomic mass is 35.5. The lowest BCUT2D eigenvalue weighted by molar-refractivity contribution is -0.118. The van der Waals surface area contributed by atoms with Crippen molar-refractivity contribution in [3.63, 3.8) is 0 Å². The highest BCUT2D eigenvalue weighted by Crippen LogP contribution is 2.22. The van der Waals surface area contributed by atoms with Crippen molar-refractivity contribution in [2.45, 2.75) is 18.6 Å². The van der Waals surface area contributed by atoms with Crippen LogP contribution in [0.5, 0.6) is 0 Å². The molecule has 9 heteroatoms. The van der Waals surface area contributed by atoms with Crippen molar-refractivity contribution in [2.75, 3.05) is 43.4 Å². The van der Waals surface area contributed by atoms with Gasteiger partial charge in [0.25, 0.3) is 0 Å². The summed E-state index contributed by atoms with van der Waals surface area (Å²) in [6.45, 7) is 7.49. The first kappa shape index (κ1) is 19.9. The Bertz CT molecular complexity index is 755. The first-order chi connectivity index (χ1) is 13.1. The molecule has 0 aliphatic carbocycles. The quantitative estimate of drug-likeness (QED) is 0.428. The fourth-order valence-corrected chi connectivity index (χ4v) is 3.69. The minimum absolute atomic E-state index is 0.0904. The summed E-state index contributed by atoms with van der Waals surface area (Å²) in [4.78, 5) is 29.7. The van der Waals surface area contributed by atoms with Gasteiger partial charge in [-0.3, -0.25) is 9.78 Å². The fraction of sp³-hybridized carbons (Fsp3) is 0.444. The number of thioether (sulfide) groups is 1. The number of carbonyl (C=O) groups excluding carboxylic acids is 1. The third-order valence-corrected chi connectivity index (χ3v) is 5.37. The van der Waals surface area contributed by atoms with Crippen molar-refractivity contribution in [3.05, 3.63) is 41.3 Å². The normalized spacial score (nSPS) is 15.0. The Labute approximate surface area is 168 Å². The number of halogens is 1. The third kappa shape index (κ3) is 6.05. The number of pyridine rings is 1. The Balaban J connectivity index is 1.52. The molecule has 3 heterocycles. The molecule has 0 atom stereocenters. The lowest BCUT2D eigenvalue weighted by atomic mass is 10.3. The zero-order chi connectivity index (χ0) is 19.1. The van der Waals surface area contributed by atoms with Gasteiger partial charge in [0, 0.05) is 38.4 Å². The van der Waals surface area contributed by atoms with E-state index in [1.165, 1.54) is 11.8 Å². The second-order valence-corrected chi connectivity index (χ2v) is 7.47. The van der Waals surface area contributed by atoms with Gasteiger partial charge in [0.15, 0.2) is 5.16 Å². The molecule has 1 saturated heterocycles. The van der Waals surface area contributed by atoms with Gasteiger partial charge in [-0.25, -0.2) is 9.97 Å². The van der Waals surface area contributed by atoms with Gasteiger partial charge in [-0.05, 0) is 18.7 Å². The van der Waals surface area contributed by atoms with Crippen LogP contribution in [0.1, 0.15) is 12.6 Å². The Morgan fingerprint density at radius 3 is 2.78 bits per heavy atom. The largest absolute Gasteiger partial charge is 0.354 e. The van der Waals surface area contributed by atoms with Crippen LogP contribution in [0.25, 0.3) is 0 Å². The molecule has 2 aromatic heterocycles. The standard InChI is InChI=1S/C18H23ClN6OS/c1-2-24-7-9-25(10-8-24)16-11-15(19)22-18(23-16)27-13-17(26)21-12-14-5-3-4-6-20-14/h3-6,11H,2,7-10,12-13H2,1H3,(H,21,26). The summed E-state index contributed by atoms with van der Waals surface area (Å²) >= 11 is 7.46. The second-order valence-electron chi connectivity index (χ2n) is 6.14. The van der Waals surface area contributed by atoms with E-state index in [0.717, 1.165) is 44.2 Å². The number of rotatable bonds is 7. The highest BCUT2D eigenvalue weighted by Gasteiger charge is 2.18. The van der Waals surface area contributed by atoms with Crippen molar-refractivity contribution < 1.29 is 4.79 Å². The van der Waals surface area contributed by atoms with E-state index in [9.17, 15) is 4.79 Å². The minimum atomic E-state index is -0.0904. The van der Waals surface area contributed by atoms with Crippen LogP contribution in [0.3, 0.4) is 0 Å². The number of carbonyl (C=O) groups is 1. The van der Waals surface area contributed by atoms with Crippen LogP contribution >= 0.6 is 23.4 Å². The number of aromatic nitrogens is 3. The Morgan fingerprint density at radius 1 is 1.26 bits per heavy atom. The summed E-state index contributed by atoms with van der Waals surface area (Å²) in [5.41, 5.74) is 0.823. The van der Waals surface area contributed by atoms with E-state index >= 15 is 0 Å². The summed E-state index contributed by atoms with van der Waals surface area (Å²) in [5, 5.41) is 3.76. The molecule has 0 unspecified atom stereocenters. The Hall–Kier alpha value is -1.90. The molecule has 144 valence electrons. The summed E-state index contributed by atoms with van der Waals surface area (Å²) in [7, 11) is 0. The topological polar surface area (TPSA) is 74.2 Å². The van der Waals surface area contributed by atoms with Gasteiger partial charge in [0.05, 0.1) is 18.0 Å². The number of nitrogens with one attached hydrogen (secondary N) is 1. The van der Waals surface area contributed by atoms with Crippen molar-refractivity contribution in [3.8, 4) is 0 Å². The average Bonchev–Trinajstić information content (AvgIpc) is 2.71. The van der Waals surface area contributed by atoms with Gasteiger partial charge in [-0.1, -0.05) is 36.4 Å². The maximum atomic E-state index is 12.1. The number of amides is 1. The number of anilines is 1. The maximum absolute atomic E-state index is 12.1. The van der Waals surface area contributed by atoms with Crippen LogP contribution in [-0.4, -0.2) is 64.2 Å². The molecule has 0 bridgehead atoms. The van der Waals surface area contributed by atoms with Crippen LogP contribution in [0, 0.1) is 0 Å². The van der Waals surface area contributed by atoms with E-state index < -0.39 is 0 Å². The second kappa shape index (κ2) is 9.87. The van der Waals surface area contributed by atoms with Crippen molar-refractivity contribution in [1.29, 1.82) is 0 Å². The average molecular weight is 407 g/mol. The van der Waals surface area contributed by atoms with Crippen molar-refractivity contribution in [1.82, 2.24) is 25.2 Å². The van der Waals surface area contributed by atoms with E-state index in [4.69, 9.17) is 11.6 Å². The molecule has 0 spiro atoms. The molecular weight excluding hydrogens is 384 g/mol. The molecular formula is C18H23ClN6OS. The van der Waals surface area contributed by atoms with Gasteiger partial charge < -0.3 is 15.1 Å². The molecule has 27 heavy (non-hydrogen) atoms. The van der Waals surface area contributed by atoms with E-state index in [1.807, 2.05) is 18.2 Å². The summed E-state index contributed by atoms with van der Waals surface area (Å²) in [5.74, 6) is 0.963. The van der Waals surface area contributed by atoms with E-state index in [0.29, 0.717) is 16.9 Å². The van der Waals surface area contributed by atoms with Crippen LogP contribution in [0.15, 0.2) is 35.6 Å². The molecule has 1 aliphatic rings. The minimum Gasteiger partial charge on any atom is -0.354 e. The SMILES string of the molecule is CCN1CCN(c2cc(Cl)nc(SCC(=O)NCc3ccccn3)n2)CC1. The zero-order valence-corrected chi connectivity index (χ0v) is 16.8. The molecule has 7 nitrogen and oxygen atoms in total. The van der Waals surface area contributed by atoms with Gasteiger partial charge in [0.2, 0.25) is 5.91 Å². The third-order valence-electron chi connectivity index (χ3n) is 4.33. The monoisotopic (exact) mass is 406 g/mol. The zero-order valence-electron chi connectivity index (χ0n) is 15.3. The van der Waals surface area contributed by atoms with Gasteiger partial charge in [-0.2, -0.15) is 0 Å². The predicted octanol–water partition coefficient (Wildman–Crippen LogP) is 2.08. The van der Waals surface area contributed by atoms with Gasteiger partial charge >= 0.3 is 0 Å². The predicted molar refractivity (Wildman–Crippen MR) is 108 cm³/mol. The summed E-state index contributed by atoms with van der Waals surface area (Å²) in [6.07, 6.45) is 1.71. The number of nitrogens with zero attached hydrogens (tertiary/aromatic N) is 5. The van der Waals surface area contributed by atoms with E-state index in [2.05, 4.69) is 37.0 Å². The highest BCUT2D eigenvalue weighted by molar-refractivity contribution is 7.99. The smallest absolute Gasteiger partial charge is 0.230 e. The van der Waals surface area contributed by atoms with E-state index in [1.54, 1.807) is 12.3 Å². The lowest BCUT2D eigenvalue weighted by Gasteiger charge is -2.34. The van der Waals surface area contributed by atoms with Crippen molar-refractivity contribution in [2.24, 2.45) is 0 Å². The lowest BCUT2D eigenvalue weighted by Crippen LogP contribution is -2.46. The van der Waals surface area contributed by atoms with Gasteiger partial charge in [-0.15, -0.1) is 0 Å². The molecule has 1 aliphatic heterocycles. The fourth-order valence-electron chi connectivity index (χ4n) is 2.78. The molecule has 3 rings (SSSR count). The molecule has 1 N–H and O–H groups in total. The molecule has 1 amide bonds. The number of hydrogen-bond acceptors (Lipinski definition) is 7. The first-order valence-corrected chi connectivity index (χ1v) is 10.3. The van der Waals surface area contributed by atoms with Crippen molar-refractivity contribution >= 4 is 35.1 Å². The molecule has 0 saturated carbocycles. The van der Waals surface area contributed by atoms with E-state index in [-0.39, 0.29) is 11.7 Å². The molecule has 0 radical (unpaired) electrons. The first-order valence-electron chi connectivity index (χ1n) is 8.95. The Kier molecular flexibility index (Phi) is 7.25. The van der Waals surface area contributed by atoms with Crippen LogP contribution in [0.4, 0.5) is 5.82 Å². The summed E-state index contributed by atoms with van der Waals surface area (Å²) in [6, 6.07) is 7.40. The number of piperazine rings is 1. The van der Waals surface area contributed by atoms with Crippen LogP contribution < -0.4 is 10.2 Å². The maximum Gasteiger partial charge on any atom is 0.230 e. The van der Waals surface area contributed by atoms with Gasteiger partial charge in [0.1, 0.15) is 11.0 Å². The molecule has 0 aromatic carbocycles. The number of hydrogen-bond donors (Lipinski definition) is 1. The summed E-state index contributed by atoms with van der Waals surface area (Å²) < 4.78 is 0. The van der Waals surface area contributed by atoms with Crippen LogP contribution in [-0.2, 0) is 11.3 Å². The number of likely N-dealkylation sites (N-methyl/N-ethyl adjacent to an activating group) is 1. The Morgan fingerprint density at radius 2 is 2.07 bits per heavy atom. The van der Waals surface area contributed by atoms with Crippen LogP contribution in [0.2, 0.25) is 5.15 Å². The molecule has 1 fully saturated rings. The molecule has 2 aromatic rings.